The summed E-state index contributed by atoms with van der Waals surface area (Å²) in [5.41, 5.74) is 5.48. The van der Waals surface area contributed by atoms with Gasteiger partial charge >= 0.3 is 0 Å². The number of aromatic nitrogens is 1. The summed E-state index contributed by atoms with van der Waals surface area (Å²) in [4.78, 5) is 6.88. The van der Waals surface area contributed by atoms with Crippen LogP contribution in [0.15, 0.2) is 10.6 Å². The molecule has 1 aliphatic rings. The largest absolute Gasteiger partial charge is 0.446 e. The summed E-state index contributed by atoms with van der Waals surface area (Å²) in [5.74, 6) is 1.87. The van der Waals surface area contributed by atoms with Crippen molar-refractivity contribution in [2.45, 2.75) is 45.1 Å². The van der Waals surface area contributed by atoms with Crippen LogP contribution in [0.5, 0.6) is 0 Å². The van der Waals surface area contributed by atoms with Crippen LogP contribution in [0.2, 0.25) is 0 Å². The Morgan fingerprint density at radius 2 is 2.47 bits per heavy atom. The van der Waals surface area contributed by atoms with Crippen LogP contribution >= 0.6 is 0 Å². The first kappa shape index (κ1) is 12.6. The average Bonchev–Trinajstić information content (AvgIpc) is 2.96. The Morgan fingerprint density at radius 3 is 3.24 bits per heavy atom. The van der Waals surface area contributed by atoms with E-state index in [4.69, 9.17) is 10.2 Å². The SMILES string of the molecule is CCN1CCCC1Cc1ncc(CCCN)o1. The third-order valence-electron chi connectivity index (χ3n) is 3.54. The topological polar surface area (TPSA) is 55.3 Å². The Balaban J connectivity index is 1.87. The lowest BCUT2D eigenvalue weighted by molar-refractivity contribution is 0.252. The van der Waals surface area contributed by atoms with Gasteiger partial charge in [0.2, 0.25) is 0 Å². The molecule has 1 saturated heterocycles. The molecule has 4 nitrogen and oxygen atoms in total. The van der Waals surface area contributed by atoms with Crippen molar-refractivity contribution in [1.82, 2.24) is 9.88 Å². The number of nitrogens with zero attached hydrogens (tertiary/aromatic N) is 2. The lowest BCUT2D eigenvalue weighted by atomic mass is 10.1. The molecule has 17 heavy (non-hydrogen) atoms. The molecule has 0 aliphatic carbocycles. The van der Waals surface area contributed by atoms with Crippen LogP contribution in [0.1, 0.15) is 37.8 Å². The molecule has 0 radical (unpaired) electrons. The van der Waals surface area contributed by atoms with Gasteiger partial charge in [0, 0.05) is 18.9 Å². The number of aryl methyl sites for hydroxylation is 1. The predicted molar refractivity (Wildman–Crippen MR) is 67.9 cm³/mol. The number of oxazole rings is 1. The third-order valence-corrected chi connectivity index (χ3v) is 3.54. The minimum atomic E-state index is 0.626. The van der Waals surface area contributed by atoms with Gasteiger partial charge < -0.3 is 15.1 Å². The van der Waals surface area contributed by atoms with E-state index in [9.17, 15) is 0 Å². The highest BCUT2D eigenvalue weighted by molar-refractivity contribution is 4.97. The molecule has 2 heterocycles. The fraction of sp³-hybridized carbons (Fsp3) is 0.769. The van der Waals surface area contributed by atoms with E-state index in [1.807, 2.05) is 6.20 Å². The summed E-state index contributed by atoms with van der Waals surface area (Å²) >= 11 is 0. The molecule has 2 N–H and O–H groups in total. The number of hydrogen-bond acceptors (Lipinski definition) is 4. The Kier molecular flexibility index (Phi) is 4.57. The fourth-order valence-corrected chi connectivity index (χ4v) is 2.58. The van der Waals surface area contributed by atoms with Crippen molar-refractivity contribution < 1.29 is 4.42 Å². The molecule has 1 unspecified atom stereocenters. The van der Waals surface area contributed by atoms with Gasteiger partial charge in [-0.2, -0.15) is 0 Å². The number of hydrogen-bond donors (Lipinski definition) is 1. The molecule has 96 valence electrons. The minimum Gasteiger partial charge on any atom is -0.446 e. The molecular weight excluding hydrogens is 214 g/mol. The summed E-state index contributed by atoms with van der Waals surface area (Å²) in [7, 11) is 0. The smallest absolute Gasteiger partial charge is 0.195 e. The first-order valence-corrected chi connectivity index (χ1v) is 6.71. The van der Waals surface area contributed by atoms with Crippen LogP contribution < -0.4 is 5.73 Å². The van der Waals surface area contributed by atoms with E-state index < -0.39 is 0 Å². The monoisotopic (exact) mass is 237 g/mol. The number of rotatable bonds is 6. The van der Waals surface area contributed by atoms with E-state index >= 15 is 0 Å². The molecule has 1 aliphatic heterocycles. The van der Waals surface area contributed by atoms with Gasteiger partial charge in [-0.25, -0.2) is 4.98 Å². The van der Waals surface area contributed by atoms with E-state index in [-0.39, 0.29) is 0 Å². The van der Waals surface area contributed by atoms with Gasteiger partial charge in [0.1, 0.15) is 5.76 Å². The van der Waals surface area contributed by atoms with Crippen molar-refractivity contribution in [1.29, 1.82) is 0 Å². The summed E-state index contributed by atoms with van der Waals surface area (Å²) in [6.07, 6.45) is 7.27. The molecule has 1 fully saturated rings. The molecule has 1 atom stereocenters. The van der Waals surface area contributed by atoms with E-state index in [1.165, 1.54) is 19.4 Å². The van der Waals surface area contributed by atoms with Crippen molar-refractivity contribution >= 4 is 0 Å². The van der Waals surface area contributed by atoms with Gasteiger partial charge in [0.05, 0.1) is 6.20 Å². The van der Waals surface area contributed by atoms with Crippen molar-refractivity contribution in [3.05, 3.63) is 17.8 Å². The van der Waals surface area contributed by atoms with Crippen molar-refractivity contribution in [3.63, 3.8) is 0 Å². The highest BCUT2D eigenvalue weighted by Gasteiger charge is 2.24. The van der Waals surface area contributed by atoms with Crippen molar-refractivity contribution in [3.8, 4) is 0 Å². The zero-order valence-electron chi connectivity index (χ0n) is 10.7. The second kappa shape index (κ2) is 6.17. The zero-order chi connectivity index (χ0) is 12.1. The molecule has 2 rings (SSSR count). The van der Waals surface area contributed by atoms with E-state index in [0.717, 1.165) is 37.5 Å². The minimum absolute atomic E-state index is 0.626. The summed E-state index contributed by atoms with van der Waals surface area (Å²) < 4.78 is 5.75. The predicted octanol–water partition coefficient (Wildman–Crippen LogP) is 1.59. The van der Waals surface area contributed by atoms with Gasteiger partial charge in [-0.3, -0.25) is 0 Å². The normalized spacial score (nSPS) is 21.2. The highest BCUT2D eigenvalue weighted by Crippen LogP contribution is 2.20. The van der Waals surface area contributed by atoms with E-state index in [1.54, 1.807) is 0 Å². The average molecular weight is 237 g/mol. The van der Waals surface area contributed by atoms with E-state index in [2.05, 4.69) is 16.8 Å². The second-order valence-corrected chi connectivity index (χ2v) is 4.74. The first-order chi connectivity index (χ1) is 8.33. The lowest BCUT2D eigenvalue weighted by Crippen LogP contribution is -2.30. The molecule has 0 amide bonds. The molecule has 0 saturated carbocycles. The van der Waals surface area contributed by atoms with Gasteiger partial charge in [-0.1, -0.05) is 6.92 Å². The molecule has 1 aromatic heterocycles. The van der Waals surface area contributed by atoms with Gasteiger partial charge in [0.15, 0.2) is 5.89 Å². The lowest BCUT2D eigenvalue weighted by Gasteiger charge is -2.21. The second-order valence-electron chi connectivity index (χ2n) is 4.74. The van der Waals surface area contributed by atoms with Gasteiger partial charge in [-0.15, -0.1) is 0 Å². The van der Waals surface area contributed by atoms with Crippen LogP contribution in [0.25, 0.3) is 0 Å². The Bertz CT molecular complexity index is 337. The molecule has 4 heteroatoms. The quantitative estimate of drug-likeness (QED) is 0.816. The van der Waals surface area contributed by atoms with Crippen LogP contribution in [-0.2, 0) is 12.8 Å². The van der Waals surface area contributed by atoms with Gasteiger partial charge in [-0.05, 0) is 38.9 Å². The number of likely N-dealkylation sites (N-methyl/N-ethyl adjacent to an activating group) is 1. The summed E-state index contributed by atoms with van der Waals surface area (Å²) in [6, 6.07) is 0.626. The zero-order valence-corrected chi connectivity index (χ0v) is 10.7. The third kappa shape index (κ3) is 3.30. The fourth-order valence-electron chi connectivity index (χ4n) is 2.58. The van der Waals surface area contributed by atoms with Crippen LogP contribution in [0, 0.1) is 0 Å². The van der Waals surface area contributed by atoms with Crippen LogP contribution in [-0.4, -0.2) is 35.6 Å². The van der Waals surface area contributed by atoms with E-state index in [0.29, 0.717) is 12.6 Å². The van der Waals surface area contributed by atoms with Crippen LogP contribution in [0.3, 0.4) is 0 Å². The Morgan fingerprint density at radius 1 is 1.59 bits per heavy atom. The standard InChI is InChI=1S/C13H23N3O/c1-2-16-8-4-5-11(16)9-13-15-10-12(17-13)6-3-7-14/h10-11H,2-9,14H2,1H3. The summed E-state index contributed by atoms with van der Waals surface area (Å²) in [6.45, 7) is 5.29. The maximum absolute atomic E-state index is 5.75. The number of likely N-dealkylation sites (tertiary alicyclic amines) is 1. The molecule has 0 spiro atoms. The first-order valence-electron chi connectivity index (χ1n) is 6.71. The van der Waals surface area contributed by atoms with Crippen LogP contribution in [0.4, 0.5) is 0 Å². The molecule has 0 bridgehead atoms. The maximum atomic E-state index is 5.75. The Hall–Kier alpha value is -0.870. The highest BCUT2D eigenvalue weighted by atomic mass is 16.4. The molecule has 0 aromatic carbocycles. The molecule has 1 aromatic rings. The molecular formula is C13H23N3O. The number of nitrogens with two attached hydrogens (primary N) is 1. The van der Waals surface area contributed by atoms with Crippen molar-refractivity contribution in [2.75, 3.05) is 19.6 Å². The van der Waals surface area contributed by atoms with Gasteiger partial charge in [0.25, 0.3) is 0 Å². The maximum Gasteiger partial charge on any atom is 0.195 e. The summed E-state index contributed by atoms with van der Waals surface area (Å²) in [5, 5.41) is 0. The van der Waals surface area contributed by atoms with Crippen molar-refractivity contribution in [2.24, 2.45) is 5.73 Å². The Labute approximate surface area is 103 Å².